The van der Waals surface area contributed by atoms with Gasteiger partial charge in [-0.1, -0.05) is 0 Å². The Morgan fingerprint density at radius 1 is 1.64 bits per heavy atom. The van der Waals surface area contributed by atoms with E-state index in [1.165, 1.54) is 4.90 Å². The van der Waals surface area contributed by atoms with Gasteiger partial charge in [0.15, 0.2) is 5.11 Å². The monoisotopic (exact) mass is 180 g/mol. The Kier molecular flexibility index (Phi) is 2.27. The standard InChI is InChI=1S/C6H10F2N2S/c1-9-5(11)10-3-2-6(7,8)4-10/h2-4H2,1H3,(H,9,11). The van der Waals surface area contributed by atoms with Crippen molar-refractivity contribution >= 4 is 17.3 Å². The molecule has 0 amide bonds. The van der Waals surface area contributed by atoms with Crippen molar-refractivity contribution in [2.24, 2.45) is 0 Å². The van der Waals surface area contributed by atoms with E-state index in [-0.39, 0.29) is 13.0 Å². The molecule has 1 aliphatic rings. The third-order valence-electron chi connectivity index (χ3n) is 1.67. The molecular formula is C6H10F2N2S. The zero-order valence-electron chi connectivity index (χ0n) is 6.23. The Balaban J connectivity index is 2.48. The largest absolute Gasteiger partial charge is 0.366 e. The molecular weight excluding hydrogens is 170 g/mol. The van der Waals surface area contributed by atoms with E-state index < -0.39 is 5.92 Å². The molecule has 1 heterocycles. The highest BCUT2D eigenvalue weighted by molar-refractivity contribution is 7.80. The Labute approximate surface area is 69.6 Å². The van der Waals surface area contributed by atoms with Crippen molar-refractivity contribution < 1.29 is 8.78 Å². The fraction of sp³-hybridized carbons (Fsp3) is 0.833. The molecule has 0 atom stereocenters. The van der Waals surface area contributed by atoms with Crippen LogP contribution in [0.5, 0.6) is 0 Å². The molecule has 11 heavy (non-hydrogen) atoms. The number of thiocarbonyl (C=S) groups is 1. The molecule has 0 aromatic rings. The van der Waals surface area contributed by atoms with Crippen molar-refractivity contribution in [2.75, 3.05) is 20.1 Å². The van der Waals surface area contributed by atoms with Gasteiger partial charge in [0.1, 0.15) is 0 Å². The summed E-state index contributed by atoms with van der Waals surface area (Å²) in [6.07, 6.45) is -0.0885. The Hall–Kier alpha value is -0.450. The summed E-state index contributed by atoms with van der Waals surface area (Å²) in [5, 5.41) is 3.07. The van der Waals surface area contributed by atoms with E-state index in [1.54, 1.807) is 7.05 Å². The molecule has 1 rings (SSSR count). The molecule has 0 bridgehead atoms. The first-order valence-electron chi connectivity index (χ1n) is 3.40. The Bertz CT molecular complexity index is 172. The average Bonchev–Trinajstić information content (AvgIpc) is 2.29. The van der Waals surface area contributed by atoms with Crippen LogP contribution in [-0.2, 0) is 0 Å². The number of halogens is 2. The first-order chi connectivity index (χ1) is 5.05. The molecule has 2 nitrogen and oxygen atoms in total. The lowest BCUT2D eigenvalue weighted by atomic mass is 10.3. The highest BCUT2D eigenvalue weighted by atomic mass is 32.1. The van der Waals surface area contributed by atoms with Crippen LogP contribution in [0.4, 0.5) is 8.78 Å². The molecule has 0 aliphatic carbocycles. The quantitative estimate of drug-likeness (QED) is 0.556. The van der Waals surface area contributed by atoms with E-state index in [0.717, 1.165) is 0 Å². The summed E-state index contributed by atoms with van der Waals surface area (Å²) in [5.41, 5.74) is 0. The summed E-state index contributed by atoms with van der Waals surface area (Å²) in [6, 6.07) is 0. The number of likely N-dealkylation sites (tertiary alicyclic amines) is 1. The van der Waals surface area contributed by atoms with Crippen molar-refractivity contribution in [3.63, 3.8) is 0 Å². The van der Waals surface area contributed by atoms with Crippen LogP contribution in [0.3, 0.4) is 0 Å². The minimum atomic E-state index is -2.55. The van der Waals surface area contributed by atoms with Crippen LogP contribution in [0.2, 0.25) is 0 Å². The van der Waals surface area contributed by atoms with Crippen LogP contribution in [0.15, 0.2) is 0 Å². The second kappa shape index (κ2) is 2.89. The zero-order chi connectivity index (χ0) is 8.48. The van der Waals surface area contributed by atoms with Crippen molar-refractivity contribution in [2.45, 2.75) is 12.3 Å². The van der Waals surface area contributed by atoms with Crippen LogP contribution < -0.4 is 5.32 Å². The van der Waals surface area contributed by atoms with Gasteiger partial charge in [-0.15, -0.1) is 0 Å². The van der Waals surface area contributed by atoms with Crippen LogP contribution in [0.25, 0.3) is 0 Å². The van der Waals surface area contributed by atoms with Gasteiger partial charge in [-0.3, -0.25) is 0 Å². The van der Waals surface area contributed by atoms with E-state index in [0.29, 0.717) is 11.7 Å². The van der Waals surface area contributed by atoms with E-state index in [2.05, 4.69) is 5.32 Å². The van der Waals surface area contributed by atoms with Gasteiger partial charge in [-0.25, -0.2) is 8.78 Å². The fourth-order valence-corrected chi connectivity index (χ4v) is 1.22. The Morgan fingerprint density at radius 3 is 2.64 bits per heavy atom. The topological polar surface area (TPSA) is 15.3 Å². The van der Waals surface area contributed by atoms with Crippen molar-refractivity contribution in [3.8, 4) is 0 Å². The Morgan fingerprint density at radius 2 is 2.27 bits per heavy atom. The van der Waals surface area contributed by atoms with Crippen LogP contribution in [-0.4, -0.2) is 36.1 Å². The molecule has 1 N–H and O–H groups in total. The first kappa shape index (κ1) is 8.64. The van der Waals surface area contributed by atoms with Gasteiger partial charge in [-0.2, -0.15) is 0 Å². The third-order valence-corrected chi connectivity index (χ3v) is 2.13. The average molecular weight is 180 g/mol. The van der Waals surface area contributed by atoms with Crippen molar-refractivity contribution in [1.29, 1.82) is 0 Å². The number of alkyl halides is 2. The lowest BCUT2D eigenvalue weighted by Gasteiger charge is -2.17. The molecule has 0 radical (unpaired) electrons. The van der Waals surface area contributed by atoms with Crippen LogP contribution in [0, 0.1) is 0 Å². The highest BCUT2D eigenvalue weighted by Gasteiger charge is 2.38. The van der Waals surface area contributed by atoms with Gasteiger partial charge in [0.2, 0.25) is 0 Å². The minimum absolute atomic E-state index is 0.0885. The predicted molar refractivity (Wildman–Crippen MR) is 42.8 cm³/mol. The molecule has 0 spiro atoms. The molecule has 0 aromatic carbocycles. The summed E-state index contributed by atoms with van der Waals surface area (Å²) in [6.45, 7) is 0.110. The van der Waals surface area contributed by atoms with Gasteiger partial charge >= 0.3 is 0 Å². The van der Waals surface area contributed by atoms with Gasteiger partial charge < -0.3 is 10.2 Å². The van der Waals surface area contributed by atoms with E-state index in [9.17, 15) is 8.78 Å². The second-order valence-electron chi connectivity index (χ2n) is 2.58. The van der Waals surface area contributed by atoms with Crippen LogP contribution in [0.1, 0.15) is 6.42 Å². The summed E-state index contributed by atoms with van der Waals surface area (Å²) < 4.78 is 25.1. The SMILES string of the molecule is CNC(=S)N1CCC(F)(F)C1. The molecule has 1 fully saturated rings. The maximum Gasteiger partial charge on any atom is 0.267 e. The lowest BCUT2D eigenvalue weighted by molar-refractivity contribution is 0.0175. The normalized spacial score (nSPS) is 21.9. The molecule has 1 saturated heterocycles. The van der Waals surface area contributed by atoms with E-state index >= 15 is 0 Å². The third kappa shape index (κ3) is 1.99. The highest BCUT2D eigenvalue weighted by Crippen LogP contribution is 2.26. The number of hydrogen-bond acceptors (Lipinski definition) is 1. The molecule has 0 saturated carbocycles. The fourth-order valence-electron chi connectivity index (χ4n) is 1.07. The summed E-state index contributed by atoms with van der Waals surface area (Å²) in [4.78, 5) is 1.48. The summed E-state index contributed by atoms with van der Waals surface area (Å²) in [7, 11) is 1.64. The molecule has 5 heteroatoms. The number of hydrogen-bond donors (Lipinski definition) is 1. The summed E-state index contributed by atoms with van der Waals surface area (Å²) in [5.74, 6) is -2.55. The van der Waals surface area contributed by atoms with Gasteiger partial charge in [0, 0.05) is 20.0 Å². The van der Waals surface area contributed by atoms with Crippen molar-refractivity contribution in [1.82, 2.24) is 10.2 Å². The van der Waals surface area contributed by atoms with Crippen molar-refractivity contribution in [3.05, 3.63) is 0 Å². The molecule has 0 unspecified atom stereocenters. The number of nitrogens with one attached hydrogen (secondary N) is 1. The lowest BCUT2D eigenvalue weighted by Crippen LogP contribution is -2.37. The predicted octanol–water partition coefficient (Wildman–Crippen LogP) is 0.832. The van der Waals surface area contributed by atoms with E-state index in [1.807, 2.05) is 0 Å². The number of rotatable bonds is 0. The smallest absolute Gasteiger partial charge is 0.267 e. The maximum absolute atomic E-state index is 12.6. The van der Waals surface area contributed by atoms with E-state index in [4.69, 9.17) is 12.2 Å². The number of nitrogens with zero attached hydrogens (tertiary/aromatic N) is 1. The zero-order valence-corrected chi connectivity index (χ0v) is 7.05. The summed E-state index contributed by atoms with van der Waals surface area (Å²) >= 11 is 4.80. The molecule has 0 aromatic heterocycles. The van der Waals surface area contributed by atoms with Crippen LogP contribution >= 0.6 is 12.2 Å². The first-order valence-corrected chi connectivity index (χ1v) is 3.80. The second-order valence-corrected chi connectivity index (χ2v) is 2.97. The molecule has 1 aliphatic heterocycles. The minimum Gasteiger partial charge on any atom is -0.366 e. The molecule has 64 valence electrons. The van der Waals surface area contributed by atoms with Gasteiger partial charge in [0.25, 0.3) is 5.92 Å². The van der Waals surface area contributed by atoms with Gasteiger partial charge in [0.05, 0.1) is 6.54 Å². The maximum atomic E-state index is 12.6. The van der Waals surface area contributed by atoms with Gasteiger partial charge in [-0.05, 0) is 12.2 Å².